The summed E-state index contributed by atoms with van der Waals surface area (Å²) in [5.41, 5.74) is 7.20. The molecule has 11 heteroatoms. The van der Waals surface area contributed by atoms with Crippen molar-refractivity contribution < 1.29 is 22.6 Å². The van der Waals surface area contributed by atoms with Crippen LogP contribution in [0, 0.1) is 5.21 Å². The van der Waals surface area contributed by atoms with Crippen molar-refractivity contribution in [1.82, 2.24) is 0 Å². The summed E-state index contributed by atoms with van der Waals surface area (Å²) in [5.74, 6) is 0.909. The fourth-order valence-corrected chi connectivity index (χ4v) is 3.85. The first-order valence-electron chi connectivity index (χ1n) is 9.42. The zero-order valence-electron chi connectivity index (χ0n) is 17.7. The summed E-state index contributed by atoms with van der Waals surface area (Å²) in [6, 6.07) is 14.6. The molecule has 0 spiro atoms. The van der Waals surface area contributed by atoms with Crippen LogP contribution in [-0.4, -0.2) is 28.7 Å². The molecule has 8 nitrogen and oxygen atoms in total. The lowest BCUT2D eigenvalue weighted by atomic mass is 10.1. The predicted molar refractivity (Wildman–Crippen MR) is 134 cm³/mol. The van der Waals surface area contributed by atoms with Gasteiger partial charge in [0.15, 0.2) is 12.4 Å². The van der Waals surface area contributed by atoms with E-state index in [9.17, 15) is 13.6 Å². The number of benzene rings is 2. The molecule has 0 bridgehead atoms. The minimum atomic E-state index is -3.89. The van der Waals surface area contributed by atoms with Crippen LogP contribution in [0.25, 0.3) is 12.2 Å². The number of hydrogen-bond acceptors (Lipinski definition) is 6. The standard InChI is InChI=1S/C22H23N3O5S.2ClH/c1-29-19-7-9-20(10-8-19)31(27,28)24-22-18(3-2-4-21(22)30-16-13-23)6-5-17-11-14-25(26)15-12-17;;/h2-12,14-15,24H,13,16,23H2,1H3;2*1H. The van der Waals surface area contributed by atoms with E-state index < -0.39 is 10.0 Å². The van der Waals surface area contributed by atoms with E-state index in [0.29, 0.717) is 21.8 Å². The third-order valence-electron chi connectivity index (χ3n) is 4.32. The molecule has 3 aromatic rings. The molecule has 0 unspecified atom stereocenters. The van der Waals surface area contributed by atoms with E-state index in [1.165, 1.54) is 31.6 Å². The van der Waals surface area contributed by atoms with Gasteiger partial charge in [0.2, 0.25) is 0 Å². The molecule has 0 aliphatic rings. The van der Waals surface area contributed by atoms with E-state index >= 15 is 0 Å². The third-order valence-corrected chi connectivity index (χ3v) is 5.69. The largest absolute Gasteiger partial charge is 0.619 e. The number of sulfonamides is 1. The molecule has 3 N–H and O–H groups in total. The van der Waals surface area contributed by atoms with Gasteiger partial charge >= 0.3 is 0 Å². The first-order chi connectivity index (χ1) is 14.9. The molecule has 0 aliphatic heterocycles. The summed E-state index contributed by atoms with van der Waals surface area (Å²) in [6.07, 6.45) is 6.28. The normalized spacial score (nSPS) is 10.7. The Bertz CT molecular complexity index is 1160. The minimum Gasteiger partial charge on any atom is -0.619 e. The fourth-order valence-electron chi connectivity index (χ4n) is 2.75. The quantitative estimate of drug-likeness (QED) is 0.334. The zero-order chi connectivity index (χ0) is 22.3. The Labute approximate surface area is 205 Å². The molecule has 0 saturated carbocycles. The van der Waals surface area contributed by atoms with E-state index in [4.69, 9.17) is 15.2 Å². The topological polar surface area (TPSA) is 118 Å². The van der Waals surface area contributed by atoms with Gasteiger partial charge in [-0.25, -0.2) is 8.42 Å². The van der Waals surface area contributed by atoms with Crippen molar-refractivity contribution in [1.29, 1.82) is 0 Å². The molecule has 0 aliphatic carbocycles. The number of para-hydroxylation sites is 1. The maximum Gasteiger partial charge on any atom is 0.262 e. The second kappa shape index (κ2) is 12.9. The van der Waals surface area contributed by atoms with Crippen molar-refractivity contribution in [3.8, 4) is 11.5 Å². The number of nitrogens with two attached hydrogens (primary N) is 1. The van der Waals surface area contributed by atoms with Gasteiger partial charge in [-0.05, 0) is 35.9 Å². The van der Waals surface area contributed by atoms with Crippen LogP contribution in [0.15, 0.2) is 71.9 Å². The Hall–Kier alpha value is -2.98. The Balaban J connectivity index is 0.00000272. The summed E-state index contributed by atoms with van der Waals surface area (Å²) >= 11 is 0. The van der Waals surface area contributed by atoms with E-state index in [1.54, 1.807) is 54.6 Å². The number of pyridine rings is 1. The van der Waals surface area contributed by atoms with Gasteiger partial charge in [0.05, 0.1) is 17.7 Å². The number of rotatable bonds is 9. The van der Waals surface area contributed by atoms with Gasteiger partial charge in [0.1, 0.15) is 18.1 Å². The summed E-state index contributed by atoms with van der Waals surface area (Å²) < 4.78 is 40.1. The van der Waals surface area contributed by atoms with E-state index in [2.05, 4.69) is 4.72 Å². The monoisotopic (exact) mass is 513 g/mol. The van der Waals surface area contributed by atoms with Crippen molar-refractivity contribution in [3.63, 3.8) is 0 Å². The molecule has 0 amide bonds. The van der Waals surface area contributed by atoms with Gasteiger partial charge in [-0.1, -0.05) is 24.3 Å². The molecule has 3 rings (SSSR count). The van der Waals surface area contributed by atoms with Crippen LogP contribution < -0.4 is 24.7 Å². The Morgan fingerprint density at radius 3 is 2.30 bits per heavy atom. The van der Waals surface area contributed by atoms with E-state index in [-0.39, 0.29) is 48.5 Å². The van der Waals surface area contributed by atoms with Crippen LogP contribution in [0.5, 0.6) is 11.5 Å². The summed E-state index contributed by atoms with van der Waals surface area (Å²) in [4.78, 5) is 0.0833. The molecular weight excluding hydrogens is 489 g/mol. The average molecular weight is 514 g/mol. The van der Waals surface area contributed by atoms with Crippen LogP contribution >= 0.6 is 24.8 Å². The third kappa shape index (κ3) is 7.54. The molecule has 1 heterocycles. The zero-order valence-corrected chi connectivity index (χ0v) is 20.2. The molecule has 2 aromatic carbocycles. The van der Waals surface area contributed by atoms with Crippen LogP contribution in [0.3, 0.4) is 0 Å². The lowest BCUT2D eigenvalue weighted by Gasteiger charge is -2.16. The fraction of sp³-hybridized carbons (Fsp3) is 0.136. The van der Waals surface area contributed by atoms with Gasteiger partial charge in [0, 0.05) is 24.2 Å². The van der Waals surface area contributed by atoms with Crippen LogP contribution in [0.2, 0.25) is 0 Å². The summed E-state index contributed by atoms with van der Waals surface area (Å²) in [7, 11) is -2.38. The minimum absolute atomic E-state index is 0. The molecule has 0 radical (unpaired) electrons. The maximum absolute atomic E-state index is 13.0. The van der Waals surface area contributed by atoms with Gasteiger partial charge in [-0.15, -0.1) is 24.8 Å². The van der Waals surface area contributed by atoms with Gasteiger partial charge in [0.25, 0.3) is 10.0 Å². The lowest BCUT2D eigenvalue weighted by Crippen LogP contribution is -2.23. The molecule has 1 aromatic heterocycles. The Kier molecular flexibility index (Phi) is 11.0. The number of halogens is 2. The van der Waals surface area contributed by atoms with Gasteiger partial charge in [-0.2, -0.15) is 4.73 Å². The second-order valence-electron chi connectivity index (χ2n) is 6.46. The molecule has 33 heavy (non-hydrogen) atoms. The molecule has 178 valence electrons. The van der Waals surface area contributed by atoms with Gasteiger partial charge < -0.3 is 20.4 Å². The van der Waals surface area contributed by atoms with E-state index in [1.807, 2.05) is 0 Å². The molecule has 0 saturated heterocycles. The van der Waals surface area contributed by atoms with E-state index in [0.717, 1.165) is 5.56 Å². The van der Waals surface area contributed by atoms with Crippen molar-refractivity contribution >= 4 is 52.7 Å². The Morgan fingerprint density at radius 2 is 1.70 bits per heavy atom. The van der Waals surface area contributed by atoms with Crippen LogP contribution in [0.4, 0.5) is 5.69 Å². The smallest absolute Gasteiger partial charge is 0.262 e. The average Bonchev–Trinajstić information content (AvgIpc) is 2.78. The number of ether oxygens (including phenoxy) is 2. The highest BCUT2D eigenvalue weighted by molar-refractivity contribution is 7.92. The maximum atomic E-state index is 13.0. The molecule has 0 atom stereocenters. The second-order valence-corrected chi connectivity index (χ2v) is 8.15. The van der Waals surface area contributed by atoms with Crippen molar-refractivity contribution in [2.45, 2.75) is 4.90 Å². The van der Waals surface area contributed by atoms with Crippen molar-refractivity contribution in [3.05, 3.63) is 83.3 Å². The number of nitrogens with one attached hydrogen (secondary N) is 1. The van der Waals surface area contributed by atoms with Gasteiger partial charge in [-0.3, -0.25) is 4.72 Å². The first kappa shape index (κ1) is 28.1. The lowest BCUT2D eigenvalue weighted by molar-refractivity contribution is -0.605. The predicted octanol–water partition coefficient (Wildman–Crippen LogP) is 3.48. The van der Waals surface area contributed by atoms with Crippen molar-refractivity contribution in [2.75, 3.05) is 25.0 Å². The number of nitrogens with zero attached hydrogens (tertiary/aromatic N) is 1. The Morgan fingerprint density at radius 1 is 1.03 bits per heavy atom. The molecule has 0 fully saturated rings. The summed E-state index contributed by atoms with van der Waals surface area (Å²) in [5, 5.41) is 11.2. The number of aromatic nitrogens is 1. The number of anilines is 1. The number of methoxy groups -OCH3 is 1. The highest BCUT2D eigenvalue weighted by Gasteiger charge is 2.19. The molecular formula is C22H25Cl2N3O5S. The first-order valence-corrected chi connectivity index (χ1v) is 10.9. The van der Waals surface area contributed by atoms with Crippen molar-refractivity contribution in [2.24, 2.45) is 5.73 Å². The van der Waals surface area contributed by atoms with Crippen LogP contribution in [-0.2, 0) is 10.0 Å². The van der Waals surface area contributed by atoms with Crippen LogP contribution in [0.1, 0.15) is 11.1 Å². The SMILES string of the molecule is COc1ccc(S(=O)(=O)Nc2c(C=Cc3cc[n+]([O-])cc3)cccc2OCCN)cc1.Cl.Cl. The summed E-state index contributed by atoms with van der Waals surface area (Å²) in [6.45, 7) is 0.510. The number of hydrogen-bond donors (Lipinski definition) is 2. The highest BCUT2D eigenvalue weighted by atomic mass is 35.5. The highest BCUT2D eigenvalue weighted by Crippen LogP contribution is 2.32.